The number of aromatic nitrogens is 2. The summed E-state index contributed by atoms with van der Waals surface area (Å²) in [5.74, 6) is 1.59. The van der Waals surface area contributed by atoms with Crippen LogP contribution in [0.25, 0.3) is 0 Å². The van der Waals surface area contributed by atoms with Gasteiger partial charge in [-0.3, -0.25) is 9.78 Å². The normalized spacial score (nSPS) is 19.8. The molecule has 1 atom stereocenters. The Balaban J connectivity index is 1.41. The van der Waals surface area contributed by atoms with Gasteiger partial charge in [0.05, 0.1) is 5.41 Å². The molecule has 0 radical (unpaired) electrons. The van der Waals surface area contributed by atoms with Crippen LogP contribution in [-0.4, -0.2) is 47.1 Å². The predicted molar refractivity (Wildman–Crippen MR) is 135 cm³/mol. The lowest BCUT2D eigenvalue weighted by molar-refractivity contribution is -0.142. The van der Waals surface area contributed by atoms with Gasteiger partial charge in [0, 0.05) is 44.6 Å². The Morgan fingerprint density at radius 2 is 1.77 bits per heavy atom. The van der Waals surface area contributed by atoms with Crippen molar-refractivity contribution in [3.05, 3.63) is 83.3 Å². The van der Waals surface area contributed by atoms with Gasteiger partial charge in [-0.2, -0.15) is 0 Å². The van der Waals surface area contributed by atoms with Gasteiger partial charge < -0.3 is 14.4 Å². The van der Waals surface area contributed by atoms with E-state index in [2.05, 4.69) is 41.2 Å². The molecule has 2 aliphatic rings. The van der Waals surface area contributed by atoms with E-state index in [1.165, 1.54) is 5.56 Å². The van der Waals surface area contributed by atoms with Crippen LogP contribution in [0.3, 0.4) is 0 Å². The first-order valence-corrected chi connectivity index (χ1v) is 12.6. The fourth-order valence-corrected chi connectivity index (χ4v) is 5.38. The zero-order valence-corrected chi connectivity index (χ0v) is 20.6. The number of likely N-dealkylation sites (tertiary alicyclic amines) is 1. The Morgan fingerprint density at radius 3 is 2.54 bits per heavy atom. The summed E-state index contributed by atoms with van der Waals surface area (Å²) in [7, 11) is 0. The summed E-state index contributed by atoms with van der Waals surface area (Å²) in [5.41, 5.74) is 3.64. The van der Waals surface area contributed by atoms with Gasteiger partial charge in [0.2, 0.25) is 11.8 Å². The molecule has 2 aliphatic heterocycles. The maximum atomic E-state index is 14.2. The summed E-state index contributed by atoms with van der Waals surface area (Å²) < 4.78 is 11.9. The molecule has 1 aromatic heterocycles. The van der Waals surface area contributed by atoms with Crippen LogP contribution in [0.4, 0.5) is 0 Å². The van der Waals surface area contributed by atoms with Gasteiger partial charge in [0.15, 0.2) is 0 Å². The van der Waals surface area contributed by atoms with Crippen LogP contribution in [-0.2, 0) is 14.9 Å². The molecule has 0 aliphatic carbocycles. The Kier molecular flexibility index (Phi) is 6.82. The molecule has 6 nitrogen and oxygen atoms in total. The molecule has 2 saturated heterocycles. The van der Waals surface area contributed by atoms with Crippen LogP contribution in [0.1, 0.15) is 54.0 Å². The smallest absolute Gasteiger partial charge is 0.241 e. The monoisotopic (exact) mass is 471 g/mol. The summed E-state index contributed by atoms with van der Waals surface area (Å²) in [6, 6.07) is 16.4. The van der Waals surface area contributed by atoms with Crippen molar-refractivity contribution in [1.82, 2.24) is 14.9 Å². The van der Waals surface area contributed by atoms with Crippen LogP contribution in [0.15, 0.2) is 60.9 Å². The first-order valence-electron chi connectivity index (χ1n) is 12.6. The van der Waals surface area contributed by atoms with Crippen molar-refractivity contribution >= 4 is 5.91 Å². The van der Waals surface area contributed by atoms with Crippen LogP contribution >= 0.6 is 0 Å². The highest BCUT2D eigenvalue weighted by Gasteiger charge is 2.45. The average Bonchev–Trinajstić information content (AvgIpc) is 2.91. The molecule has 0 N–H and O–H groups in total. The number of piperidine rings is 1. The van der Waals surface area contributed by atoms with Crippen LogP contribution in [0, 0.1) is 13.8 Å². The molecule has 1 amide bonds. The topological polar surface area (TPSA) is 64.6 Å². The molecule has 0 bridgehead atoms. The van der Waals surface area contributed by atoms with Crippen molar-refractivity contribution < 1.29 is 14.3 Å². The molecule has 3 aromatic rings. The van der Waals surface area contributed by atoms with Crippen LogP contribution in [0.5, 0.6) is 11.6 Å². The van der Waals surface area contributed by atoms with E-state index in [9.17, 15) is 4.79 Å². The number of nitrogens with zero attached hydrogens (tertiary/aromatic N) is 3. The minimum absolute atomic E-state index is 0.0790. The first kappa shape index (κ1) is 23.5. The number of ether oxygens (including phenoxy) is 2. The van der Waals surface area contributed by atoms with E-state index in [-0.39, 0.29) is 11.8 Å². The fourth-order valence-electron chi connectivity index (χ4n) is 5.38. The second-order valence-corrected chi connectivity index (χ2v) is 9.77. The SMILES string of the molecule is Cc1ccc(C2(C(=O)N3CCCC(c4nccnc4Oc4ccccc4C)C3)CCOCC2)cc1. The number of carbonyl (C=O) groups is 1. The minimum atomic E-state index is -0.531. The van der Waals surface area contributed by atoms with Crippen molar-refractivity contribution in [3.63, 3.8) is 0 Å². The highest BCUT2D eigenvalue weighted by Crippen LogP contribution is 2.40. The van der Waals surface area contributed by atoms with Gasteiger partial charge in [0.1, 0.15) is 11.4 Å². The third kappa shape index (κ3) is 4.80. The Hall–Kier alpha value is -3.25. The van der Waals surface area contributed by atoms with Gasteiger partial charge in [-0.1, -0.05) is 48.0 Å². The molecule has 6 heteroatoms. The lowest BCUT2D eigenvalue weighted by atomic mass is 9.72. The minimum Gasteiger partial charge on any atom is -0.437 e. The highest BCUT2D eigenvalue weighted by molar-refractivity contribution is 5.88. The van der Waals surface area contributed by atoms with E-state index in [4.69, 9.17) is 9.47 Å². The molecule has 182 valence electrons. The molecule has 2 aromatic carbocycles. The highest BCUT2D eigenvalue weighted by atomic mass is 16.5. The van der Waals surface area contributed by atoms with Gasteiger partial charge in [-0.25, -0.2) is 4.98 Å². The maximum Gasteiger partial charge on any atom is 0.241 e. The summed E-state index contributed by atoms with van der Waals surface area (Å²) in [6.07, 6.45) is 6.68. The standard InChI is InChI=1S/C29H33N3O3/c1-21-9-11-24(12-10-21)29(13-18-34-19-14-29)28(33)32-17-5-7-23(20-32)26-27(31-16-15-30-26)35-25-8-4-3-6-22(25)2/h3-4,6,8-12,15-16,23H,5,7,13-14,17-20H2,1-2H3. The predicted octanol–water partition coefficient (Wildman–Crippen LogP) is 5.34. The Morgan fingerprint density at radius 1 is 1.03 bits per heavy atom. The van der Waals surface area contributed by atoms with E-state index >= 15 is 0 Å². The summed E-state index contributed by atoms with van der Waals surface area (Å²) in [4.78, 5) is 25.4. The largest absolute Gasteiger partial charge is 0.437 e. The summed E-state index contributed by atoms with van der Waals surface area (Å²) >= 11 is 0. The first-order chi connectivity index (χ1) is 17.1. The molecule has 1 unspecified atom stereocenters. The second-order valence-electron chi connectivity index (χ2n) is 9.77. The summed E-state index contributed by atoms with van der Waals surface area (Å²) in [5, 5.41) is 0. The number of carbonyl (C=O) groups excluding carboxylic acids is 1. The molecule has 2 fully saturated rings. The molecular formula is C29H33N3O3. The Bertz CT molecular complexity index is 1170. The lowest BCUT2D eigenvalue weighted by Gasteiger charge is -2.42. The number of hydrogen-bond donors (Lipinski definition) is 0. The molecule has 35 heavy (non-hydrogen) atoms. The molecule has 5 rings (SSSR count). The van der Waals surface area contributed by atoms with Crippen molar-refractivity contribution in [2.45, 2.75) is 50.9 Å². The average molecular weight is 472 g/mol. The van der Waals surface area contributed by atoms with E-state index < -0.39 is 5.41 Å². The van der Waals surface area contributed by atoms with Crippen molar-refractivity contribution in [1.29, 1.82) is 0 Å². The number of amides is 1. The van der Waals surface area contributed by atoms with E-state index in [1.807, 2.05) is 36.1 Å². The number of para-hydroxylation sites is 1. The molecular weight excluding hydrogens is 438 g/mol. The molecule has 0 saturated carbocycles. The van der Waals surface area contributed by atoms with E-state index in [0.717, 1.165) is 42.0 Å². The maximum absolute atomic E-state index is 14.2. The fraction of sp³-hybridized carbons (Fsp3) is 0.414. The Labute approximate surface area is 207 Å². The lowest BCUT2D eigenvalue weighted by Crippen LogP contribution is -2.52. The second kappa shape index (κ2) is 10.2. The third-order valence-electron chi connectivity index (χ3n) is 7.45. The van der Waals surface area contributed by atoms with E-state index in [0.29, 0.717) is 38.5 Å². The number of hydrogen-bond acceptors (Lipinski definition) is 5. The van der Waals surface area contributed by atoms with Crippen LogP contribution in [0.2, 0.25) is 0 Å². The van der Waals surface area contributed by atoms with Crippen molar-refractivity contribution in [2.75, 3.05) is 26.3 Å². The zero-order chi connectivity index (χ0) is 24.3. The number of rotatable bonds is 5. The number of aryl methyl sites for hydroxylation is 2. The van der Waals surface area contributed by atoms with Gasteiger partial charge in [0.25, 0.3) is 0 Å². The molecule has 0 spiro atoms. The number of benzene rings is 2. The van der Waals surface area contributed by atoms with Gasteiger partial charge >= 0.3 is 0 Å². The van der Waals surface area contributed by atoms with E-state index in [1.54, 1.807) is 12.4 Å². The molecule has 3 heterocycles. The van der Waals surface area contributed by atoms with Crippen molar-refractivity contribution in [2.24, 2.45) is 0 Å². The van der Waals surface area contributed by atoms with Gasteiger partial charge in [-0.15, -0.1) is 0 Å². The van der Waals surface area contributed by atoms with Crippen LogP contribution < -0.4 is 4.74 Å². The quantitative estimate of drug-likeness (QED) is 0.503. The van der Waals surface area contributed by atoms with Gasteiger partial charge in [-0.05, 0) is 56.7 Å². The summed E-state index contributed by atoms with van der Waals surface area (Å²) in [6.45, 7) is 6.69. The third-order valence-corrected chi connectivity index (χ3v) is 7.45. The zero-order valence-electron chi connectivity index (χ0n) is 20.6. The van der Waals surface area contributed by atoms with Crippen molar-refractivity contribution in [3.8, 4) is 11.6 Å².